The Hall–Kier alpha value is -2.75. The zero-order chi connectivity index (χ0) is 26.2. The van der Waals surface area contributed by atoms with Crippen LogP contribution < -0.4 is 15.4 Å². The van der Waals surface area contributed by atoms with Crippen molar-refractivity contribution < 1.29 is 14.3 Å². The molecule has 0 aliphatic rings. The molecule has 0 fully saturated rings. The van der Waals surface area contributed by atoms with Crippen LogP contribution in [0.2, 0.25) is 10.0 Å². The third-order valence-corrected chi connectivity index (χ3v) is 6.76. The second kappa shape index (κ2) is 13.0. The zero-order valence-corrected chi connectivity index (χ0v) is 22.9. The number of benzene rings is 2. The van der Waals surface area contributed by atoms with Gasteiger partial charge in [-0.1, -0.05) is 48.8 Å². The number of carbonyl (C=O) groups is 2. The van der Waals surface area contributed by atoms with Crippen LogP contribution >= 0.6 is 35.0 Å². The van der Waals surface area contributed by atoms with Gasteiger partial charge in [0.1, 0.15) is 5.75 Å². The summed E-state index contributed by atoms with van der Waals surface area (Å²) in [5.41, 5.74) is 1.01. The SMILES string of the molecule is CCOc1ccc(NC(=O)CSc2nnc([C@@H](NC(=O)c3ccc(Cl)cc3Cl)C(C)C)n2CC)cc1. The summed E-state index contributed by atoms with van der Waals surface area (Å²) < 4.78 is 7.33. The number of halogens is 2. The van der Waals surface area contributed by atoms with Crippen molar-refractivity contribution in [3.63, 3.8) is 0 Å². The molecule has 0 saturated heterocycles. The van der Waals surface area contributed by atoms with Crippen molar-refractivity contribution in [2.75, 3.05) is 17.7 Å². The standard InChI is InChI=1S/C25H29Cl2N5O3S/c1-5-32-23(22(15(3)4)29-24(34)19-12-7-16(26)13-20(19)27)30-31-25(32)36-14-21(33)28-17-8-10-18(11-9-17)35-6-2/h7-13,15,22H,5-6,14H2,1-4H3,(H,28,33)(H,29,34)/t22-/m0/s1. The van der Waals surface area contributed by atoms with E-state index in [-0.39, 0.29) is 28.5 Å². The van der Waals surface area contributed by atoms with E-state index >= 15 is 0 Å². The monoisotopic (exact) mass is 549 g/mol. The number of hydrogen-bond acceptors (Lipinski definition) is 6. The van der Waals surface area contributed by atoms with Crippen molar-refractivity contribution in [3.05, 3.63) is 63.9 Å². The van der Waals surface area contributed by atoms with E-state index in [0.29, 0.717) is 40.4 Å². The molecule has 2 amide bonds. The molecule has 11 heteroatoms. The predicted octanol–water partition coefficient (Wildman–Crippen LogP) is 5.86. The van der Waals surface area contributed by atoms with E-state index in [2.05, 4.69) is 20.8 Å². The van der Waals surface area contributed by atoms with E-state index in [9.17, 15) is 9.59 Å². The van der Waals surface area contributed by atoms with Gasteiger partial charge in [0.05, 0.1) is 29.0 Å². The molecule has 1 heterocycles. The van der Waals surface area contributed by atoms with Gasteiger partial charge in [-0.25, -0.2) is 0 Å². The first-order valence-electron chi connectivity index (χ1n) is 11.6. The van der Waals surface area contributed by atoms with Crippen LogP contribution in [-0.2, 0) is 11.3 Å². The molecule has 0 aliphatic heterocycles. The van der Waals surface area contributed by atoms with Gasteiger partial charge in [0.25, 0.3) is 5.91 Å². The number of thioether (sulfide) groups is 1. The minimum Gasteiger partial charge on any atom is -0.494 e. The lowest BCUT2D eigenvalue weighted by atomic mass is 10.0. The van der Waals surface area contributed by atoms with Gasteiger partial charge in [0.15, 0.2) is 11.0 Å². The minimum absolute atomic E-state index is 0.0235. The Bertz CT molecular complexity index is 1200. The molecule has 0 radical (unpaired) electrons. The lowest BCUT2D eigenvalue weighted by Crippen LogP contribution is -2.34. The summed E-state index contributed by atoms with van der Waals surface area (Å²) in [6, 6.07) is 11.5. The first-order valence-corrected chi connectivity index (χ1v) is 13.3. The van der Waals surface area contributed by atoms with Crippen LogP contribution in [0.5, 0.6) is 5.75 Å². The molecule has 0 bridgehead atoms. The fourth-order valence-corrected chi connectivity index (χ4v) is 4.79. The average molecular weight is 551 g/mol. The van der Waals surface area contributed by atoms with Crippen molar-refractivity contribution >= 4 is 52.5 Å². The molecule has 2 aromatic carbocycles. The fraction of sp³-hybridized carbons (Fsp3) is 0.360. The molecule has 0 unspecified atom stereocenters. The maximum absolute atomic E-state index is 13.0. The van der Waals surface area contributed by atoms with E-state index in [1.807, 2.05) is 44.4 Å². The normalized spacial score (nSPS) is 11.9. The highest BCUT2D eigenvalue weighted by Gasteiger charge is 2.27. The number of aromatic nitrogens is 3. The third kappa shape index (κ3) is 7.15. The highest BCUT2D eigenvalue weighted by Crippen LogP contribution is 2.27. The number of amides is 2. The molecule has 3 aromatic rings. The number of anilines is 1. The van der Waals surface area contributed by atoms with E-state index in [1.165, 1.54) is 17.8 Å². The van der Waals surface area contributed by atoms with Crippen molar-refractivity contribution in [2.24, 2.45) is 5.92 Å². The third-order valence-electron chi connectivity index (χ3n) is 5.25. The number of rotatable bonds is 11. The molecular weight excluding hydrogens is 521 g/mol. The number of ether oxygens (including phenoxy) is 1. The quantitative estimate of drug-likeness (QED) is 0.290. The van der Waals surface area contributed by atoms with E-state index in [0.717, 1.165) is 5.75 Å². The molecule has 2 N–H and O–H groups in total. The lowest BCUT2D eigenvalue weighted by Gasteiger charge is -2.22. The van der Waals surface area contributed by atoms with Crippen LogP contribution in [0, 0.1) is 5.92 Å². The Morgan fingerprint density at radius 1 is 1.08 bits per heavy atom. The number of carbonyl (C=O) groups excluding carboxylic acids is 2. The second-order valence-corrected chi connectivity index (χ2v) is 9.98. The molecule has 0 saturated carbocycles. The molecule has 8 nitrogen and oxygen atoms in total. The first kappa shape index (κ1) is 27.8. The van der Waals surface area contributed by atoms with Gasteiger partial charge < -0.3 is 19.9 Å². The topological polar surface area (TPSA) is 98.1 Å². The smallest absolute Gasteiger partial charge is 0.253 e. The largest absolute Gasteiger partial charge is 0.494 e. The van der Waals surface area contributed by atoms with Crippen LogP contribution in [0.1, 0.15) is 49.9 Å². The number of hydrogen-bond donors (Lipinski definition) is 2. The predicted molar refractivity (Wildman–Crippen MR) is 144 cm³/mol. The van der Waals surface area contributed by atoms with Crippen molar-refractivity contribution in [2.45, 2.75) is 45.4 Å². The van der Waals surface area contributed by atoms with Crippen LogP contribution in [-0.4, -0.2) is 38.9 Å². The molecule has 0 spiro atoms. The second-order valence-electron chi connectivity index (χ2n) is 8.20. The molecule has 1 aromatic heterocycles. The Labute approximate surface area is 225 Å². The summed E-state index contributed by atoms with van der Waals surface area (Å²) in [6.45, 7) is 9.01. The Kier molecular flexibility index (Phi) is 10.0. The number of nitrogens with zero attached hydrogens (tertiary/aromatic N) is 3. The lowest BCUT2D eigenvalue weighted by molar-refractivity contribution is -0.113. The fourth-order valence-electron chi connectivity index (χ4n) is 3.48. The van der Waals surface area contributed by atoms with E-state index in [1.54, 1.807) is 24.3 Å². The maximum atomic E-state index is 13.0. The Morgan fingerprint density at radius 3 is 2.42 bits per heavy atom. The van der Waals surface area contributed by atoms with Gasteiger partial charge in [-0.15, -0.1) is 10.2 Å². The summed E-state index contributed by atoms with van der Waals surface area (Å²) in [6.07, 6.45) is 0. The van der Waals surface area contributed by atoms with Gasteiger partial charge in [-0.3, -0.25) is 9.59 Å². The number of nitrogens with one attached hydrogen (secondary N) is 2. The highest BCUT2D eigenvalue weighted by atomic mass is 35.5. The van der Waals surface area contributed by atoms with Gasteiger partial charge in [-0.2, -0.15) is 0 Å². The van der Waals surface area contributed by atoms with E-state index < -0.39 is 6.04 Å². The van der Waals surface area contributed by atoms with Crippen LogP contribution in [0.15, 0.2) is 47.6 Å². The molecule has 0 aliphatic carbocycles. The molecule has 36 heavy (non-hydrogen) atoms. The summed E-state index contributed by atoms with van der Waals surface area (Å²) in [5, 5.41) is 15.9. The average Bonchev–Trinajstić information content (AvgIpc) is 3.24. The van der Waals surface area contributed by atoms with Crippen LogP contribution in [0.4, 0.5) is 5.69 Å². The van der Waals surface area contributed by atoms with Gasteiger partial charge in [0.2, 0.25) is 5.91 Å². The van der Waals surface area contributed by atoms with Crippen molar-refractivity contribution in [1.82, 2.24) is 20.1 Å². The van der Waals surface area contributed by atoms with Crippen molar-refractivity contribution in [1.29, 1.82) is 0 Å². The summed E-state index contributed by atoms with van der Waals surface area (Å²) >= 11 is 13.5. The minimum atomic E-state index is -0.413. The van der Waals surface area contributed by atoms with Gasteiger partial charge in [-0.05, 0) is 62.2 Å². The van der Waals surface area contributed by atoms with Crippen LogP contribution in [0.25, 0.3) is 0 Å². The van der Waals surface area contributed by atoms with Crippen LogP contribution in [0.3, 0.4) is 0 Å². The Balaban J connectivity index is 1.68. The highest BCUT2D eigenvalue weighted by molar-refractivity contribution is 7.99. The summed E-state index contributed by atoms with van der Waals surface area (Å²) in [7, 11) is 0. The molecular formula is C25H29Cl2N5O3S. The van der Waals surface area contributed by atoms with E-state index in [4.69, 9.17) is 27.9 Å². The zero-order valence-electron chi connectivity index (χ0n) is 20.5. The summed E-state index contributed by atoms with van der Waals surface area (Å²) in [4.78, 5) is 25.5. The molecule has 192 valence electrons. The van der Waals surface area contributed by atoms with Crippen molar-refractivity contribution in [3.8, 4) is 5.75 Å². The summed E-state index contributed by atoms with van der Waals surface area (Å²) in [5.74, 6) is 1.05. The molecule has 3 rings (SSSR count). The first-order chi connectivity index (χ1) is 17.2. The maximum Gasteiger partial charge on any atom is 0.253 e. The van der Waals surface area contributed by atoms with Gasteiger partial charge >= 0.3 is 0 Å². The van der Waals surface area contributed by atoms with Gasteiger partial charge in [0, 0.05) is 17.3 Å². The molecule has 1 atom stereocenters. The Morgan fingerprint density at radius 2 is 1.81 bits per heavy atom.